The van der Waals surface area contributed by atoms with E-state index in [2.05, 4.69) is 15.1 Å². The number of aromatic nitrogens is 4. The van der Waals surface area contributed by atoms with Crippen LogP contribution in [-0.4, -0.2) is 19.6 Å². The summed E-state index contributed by atoms with van der Waals surface area (Å²) < 4.78 is 1.80. The smallest absolute Gasteiger partial charge is 0.153 e. The van der Waals surface area contributed by atoms with E-state index in [1.807, 2.05) is 43.6 Å². The van der Waals surface area contributed by atoms with Crippen LogP contribution < -0.4 is 0 Å². The summed E-state index contributed by atoms with van der Waals surface area (Å²) in [7, 11) is 0. The molecule has 15 heavy (non-hydrogen) atoms. The SMILES string of the molecule is Cc1cn2nc(-c3ccc[nH]3)ccc2n1. The van der Waals surface area contributed by atoms with Gasteiger partial charge in [-0.25, -0.2) is 9.50 Å². The molecule has 0 amide bonds. The average molecular weight is 198 g/mol. The van der Waals surface area contributed by atoms with Crippen molar-refractivity contribution in [1.29, 1.82) is 0 Å². The molecule has 0 radical (unpaired) electrons. The second-order valence-electron chi connectivity index (χ2n) is 3.49. The first kappa shape index (κ1) is 8.23. The number of hydrogen-bond donors (Lipinski definition) is 1. The molecule has 0 bridgehead atoms. The minimum atomic E-state index is 0.878. The van der Waals surface area contributed by atoms with Gasteiger partial charge in [-0.15, -0.1) is 0 Å². The van der Waals surface area contributed by atoms with Gasteiger partial charge in [-0.2, -0.15) is 5.10 Å². The fraction of sp³-hybridized carbons (Fsp3) is 0.0909. The van der Waals surface area contributed by atoms with Gasteiger partial charge in [0.2, 0.25) is 0 Å². The molecule has 1 N–H and O–H groups in total. The zero-order valence-electron chi connectivity index (χ0n) is 8.31. The molecule has 3 rings (SSSR count). The molecule has 74 valence electrons. The van der Waals surface area contributed by atoms with Gasteiger partial charge in [-0.05, 0) is 31.2 Å². The van der Waals surface area contributed by atoms with Crippen LogP contribution in [0.25, 0.3) is 17.0 Å². The highest BCUT2D eigenvalue weighted by Gasteiger charge is 2.02. The third-order valence-corrected chi connectivity index (χ3v) is 2.31. The zero-order chi connectivity index (χ0) is 10.3. The molecule has 3 aromatic rings. The van der Waals surface area contributed by atoms with Gasteiger partial charge in [0.15, 0.2) is 5.65 Å². The van der Waals surface area contributed by atoms with Gasteiger partial charge in [-0.1, -0.05) is 0 Å². The lowest BCUT2D eigenvalue weighted by atomic mass is 10.3. The molecule has 0 aromatic carbocycles. The van der Waals surface area contributed by atoms with Crippen LogP contribution in [-0.2, 0) is 0 Å². The Kier molecular flexibility index (Phi) is 1.62. The highest BCUT2D eigenvalue weighted by atomic mass is 15.2. The summed E-state index contributed by atoms with van der Waals surface area (Å²) >= 11 is 0. The lowest BCUT2D eigenvalue weighted by Crippen LogP contribution is -1.92. The Morgan fingerprint density at radius 2 is 2.20 bits per heavy atom. The number of fused-ring (bicyclic) bond motifs is 1. The fourth-order valence-corrected chi connectivity index (χ4v) is 1.63. The van der Waals surface area contributed by atoms with Crippen molar-refractivity contribution in [2.75, 3.05) is 0 Å². The Bertz CT molecular complexity index is 592. The van der Waals surface area contributed by atoms with Crippen LogP contribution in [0.5, 0.6) is 0 Å². The molecule has 0 atom stereocenters. The van der Waals surface area contributed by atoms with E-state index in [-0.39, 0.29) is 0 Å². The number of H-pyrrole nitrogens is 1. The molecule has 0 aliphatic rings. The van der Waals surface area contributed by atoms with Gasteiger partial charge < -0.3 is 4.98 Å². The highest BCUT2D eigenvalue weighted by Crippen LogP contribution is 2.14. The van der Waals surface area contributed by atoms with Crippen molar-refractivity contribution in [3.8, 4) is 11.4 Å². The van der Waals surface area contributed by atoms with Crippen molar-refractivity contribution in [2.45, 2.75) is 6.92 Å². The zero-order valence-corrected chi connectivity index (χ0v) is 8.31. The number of nitrogens with one attached hydrogen (secondary N) is 1. The van der Waals surface area contributed by atoms with E-state index in [0.717, 1.165) is 22.7 Å². The van der Waals surface area contributed by atoms with E-state index in [1.54, 1.807) is 4.52 Å². The van der Waals surface area contributed by atoms with Crippen LogP contribution in [0.1, 0.15) is 5.69 Å². The maximum absolute atomic E-state index is 4.46. The van der Waals surface area contributed by atoms with E-state index in [4.69, 9.17) is 0 Å². The lowest BCUT2D eigenvalue weighted by molar-refractivity contribution is 0.937. The van der Waals surface area contributed by atoms with Gasteiger partial charge in [0.1, 0.15) is 5.69 Å². The summed E-state index contributed by atoms with van der Waals surface area (Å²) in [6, 6.07) is 7.89. The first-order valence-electron chi connectivity index (χ1n) is 4.80. The van der Waals surface area contributed by atoms with Crippen LogP contribution in [0.15, 0.2) is 36.7 Å². The van der Waals surface area contributed by atoms with Gasteiger partial charge >= 0.3 is 0 Å². The minimum Gasteiger partial charge on any atom is -0.360 e. The summed E-state index contributed by atoms with van der Waals surface area (Å²) in [5, 5.41) is 4.46. The fourth-order valence-electron chi connectivity index (χ4n) is 1.63. The van der Waals surface area contributed by atoms with Crippen molar-refractivity contribution < 1.29 is 0 Å². The number of hydrogen-bond acceptors (Lipinski definition) is 2. The molecule has 4 nitrogen and oxygen atoms in total. The summed E-state index contributed by atoms with van der Waals surface area (Å²) in [6.45, 7) is 1.96. The number of rotatable bonds is 1. The van der Waals surface area contributed by atoms with Gasteiger partial charge in [-0.3, -0.25) is 0 Å². The first-order chi connectivity index (χ1) is 7.33. The topological polar surface area (TPSA) is 46.0 Å². The van der Waals surface area contributed by atoms with Gasteiger partial charge in [0.05, 0.1) is 17.6 Å². The summed E-state index contributed by atoms with van der Waals surface area (Å²) in [6.07, 6.45) is 3.81. The third kappa shape index (κ3) is 1.30. The second kappa shape index (κ2) is 2.95. The Balaban J connectivity index is 2.21. The number of aromatic amines is 1. The molecule has 0 aliphatic heterocycles. The van der Waals surface area contributed by atoms with E-state index < -0.39 is 0 Å². The monoisotopic (exact) mass is 198 g/mol. The van der Waals surface area contributed by atoms with E-state index in [9.17, 15) is 0 Å². The van der Waals surface area contributed by atoms with Crippen molar-refractivity contribution >= 4 is 5.65 Å². The number of nitrogens with zero attached hydrogens (tertiary/aromatic N) is 3. The highest BCUT2D eigenvalue weighted by molar-refractivity contribution is 5.56. The minimum absolute atomic E-state index is 0.878. The van der Waals surface area contributed by atoms with Crippen LogP contribution >= 0.6 is 0 Å². The third-order valence-electron chi connectivity index (χ3n) is 2.31. The van der Waals surface area contributed by atoms with Crippen LogP contribution in [0.4, 0.5) is 0 Å². The van der Waals surface area contributed by atoms with Crippen LogP contribution in [0, 0.1) is 6.92 Å². The predicted molar refractivity (Wildman–Crippen MR) is 57.5 cm³/mol. The first-order valence-corrected chi connectivity index (χ1v) is 4.80. The van der Waals surface area contributed by atoms with Crippen LogP contribution in [0.2, 0.25) is 0 Å². The van der Waals surface area contributed by atoms with Crippen molar-refractivity contribution in [3.05, 3.63) is 42.4 Å². The Labute approximate surface area is 86.6 Å². The molecule has 0 saturated carbocycles. The lowest BCUT2D eigenvalue weighted by Gasteiger charge is -1.97. The largest absolute Gasteiger partial charge is 0.360 e. The summed E-state index contributed by atoms with van der Waals surface area (Å²) in [5.41, 5.74) is 3.79. The molecule has 0 saturated heterocycles. The molecule has 3 heterocycles. The van der Waals surface area contributed by atoms with E-state index in [0.29, 0.717) is 0 Å². The maximum atomic E-state index is 4.46. The molecular formula is C11H10N4. The number of imidazole rings is 1. The Morgan fingerprint density at radius 1 is 1.27 bits per heavy atom. The molecule has 0 fully saturated rings. The van der Waals surface area contributed by atoms with Crippen molar-refractivity contribution in [1.82, 2.24) is 19.6 Å². The van der Waals surface area contributed by atoms with Gasteiger partial charge in [0.25, 0.3) is 0 Å². The molecule has 0 unspecified atom stereocenters. The van der Waals surface area contributed by atoms with Gasteiger partial charge in [0, 0.05) is 6.20 Å². The molecule has 4 heteroatoms. The van der Waals surface area contributed by atoms with Crippen LogP contribution in [0.3, 0.4) is 0 Å². The summed E-state index contributed by atoms with van der Waals surface area (Å²) in [4.78, 5) is 7.45. The Hall–Kier alpha value is -2.10. The standard InChI is InChI=1S/C11H10N4/c1-8-7-15-11(13-8)5-4-10(14-15)9-3-2-6-12-9/h2-7,12H,1H3. The van der Waals surface area contributed by atoms with E-state index >= 15 is 0 Å². The van der Waals surface area contributed by atoms with Crippen molar-refractivity contribution in [3.63, 3.8) is 0 Å². The van der Waals surface area contributed by atoms with Crippen molar-refractivity contribution in [2.24, 2.45) is 0 Å². The predicted octanol–water partition coefficient (Wildman–Crippen LogP) is 2.03. The average Bonchev–Trinajstić information content (AvgIpc) is 2.82. The summed E-state index contributed by atoms with van der Waals surface area (Å²) in [5.74, 6) is 0. The molecule has 0 aliphatic carbocycles. The molecular weight excluding hydrogens is 188 g/mol. The second-order valence-corrected chi connectivity index (χ2v) is 3.49. The number of aryl methyl sites for hydroxylation is 1. The quantitative estimate of drug-likeness (QED) is 0.650. The molecule has 3 aromatic heterocycles. The maximum Gasteiger partial charge on any atom is 0.153 e. The molecule has 0 spiro atoms. The normalized spacial score (nSPS) is 11.0. The Morgan fingerprint density at radius 3 is 3.00 bits per heavy atom. The van der Waals surface area contributed by atoms with E-state index in [1.165, 1.54) is 0 Å².